The van der Waals surface area contributed by atoms with E-state index in [1.807, 2.05) is 18.1 Å². The second-order valence-corrected chi connectivity index (χ2v) is 7.64. The van der Waals surface area contributed by atoms with E-state index in [-0.39, 0.29) is 35.7 Å². The number of nitrogens with one attached hydrogen (secondary N) is 1. The topological polar surface area (TPSA) is 65.8 Å². The van der Waals surface area contributed by atoms with Crippen molar-refractivity contribution >= 4 is 53.3 Å². The lowest BCUT2D eigenvalue weighted by atomic mass is 10.3. The van der Waals surface area contributed by atoms with Gasteiger partial charge in [-0.3, -0.25) is 14.5 Å². The van der Waals surface area contributed by atoms with Gasteiger partial charge in [0, 0.05) is 44.8 Å². The first kappa shape index (κ1) is 23.5. The molecule has 1 saturated heterocycles. The molecule has 0 saturated carbocycles. The van der Waals surface area contributed by atoms with Gasteiger partial charge in [-0.2, -0.15) is 5.10 Å². The lowest BCUT2D eigenvalue weighted by Gasteiger charge is -2.35. The molecule has 1 aliphatic heterocycles. The van der Waals surface area contributed by atoms with Crippen molar-refractivity contribution in [3.05, 3.63) is 42.5 Å². The Morgan fingerprint density at radius 3 is 2.69 bits per heavy atom. The molecule has 0 radical (unpaired) electrons. The number of piperazine rings is 1. The predicted octanol–water partition coefficient (Wildman–Crippen LogP) is 2.58. The highest BCUT2D eigenvalue weighted by atomic mass is 127. The molecule has 0 spiro atoms. The third kappa shape index (κ3) is 6.59. The van der Waals surface area contributed by atoms with E-state index in [1.54, 1.807) is 46.7 Å². The Morgan fingerprint density at radius 1 is 1.31 bits per heavy atom. The smallest absolute Gasteiger partial charge is 0.246 e. The van der Waals surface area contributed by atoms with E-state index >= 15 is 0 Å². The van der Waals surface area contributed by atoms with Crippen molar-refractivity contribution in [2.24, 2.45) is 12.0 Å². The fourth-order valence-corrected chi connectivity index (χ4v) is 3.85. The number of hydrogen-bond donors (Lipinski definition) is 1. The number of rotatable bonds is 6. The summed E-state index contributed by atoms with van der Waals surface area (Å²) in [6.07, 6.45) is 4.49. The van der Waals surface area contributed by atoms with E-state index in [9.17, 15) is 9.18 Å². The van der Waals surface area contributed by atoms with Crippen LogP contribution in [0.15, 0.2) is 46.5 Å². The molecule has 7 nitrogen and oxygen atoms in total. The zero-order chi connectivity index (χ0) is 19.9. The maximum Gasteiger partial charge on any atom is 0.246 e. The van der Waals surface area contributed by atoms with Crippen molar-refractivity contribution in [1.82, 2.24) is 20.0 Å². The molecule has 0 atom stereocenters. The highest BCUT2D eigenvalue weighted by molar-refractivity contribution is 14.0. The number of benzene rings is 1. The van der Waals surface area contributed by atoms with Gasteiger partial charge in [0.25, 0.3) is 0 Å². The molecular formula is C19H26FIN6OS. The van der Waals surface area contributed by atoms with Gasteiger partial charge in [0.05, 0.1) is 11.9 Å². The van der Waals surface area contributed by atoms with Crippen molar-refractivity contribution < 1.29 is 9.18 Å². The molecular weight excluding hydrogens is 506 g/mol. The van der Waals surface area contributed by atoms with E-state index < -0.39 is 0 Å². The lowest BCUT2D eigenvalue weighted by Crippen LogP contribution is -2.55. The first-order chi connectivity index (χ1) is 13.6. The largest absolute Gasteiger partial charge is 0.356 e. The Balaban J connectivity index is 0.00000300. The van der Waals surface area contributed by atoms with Crippen LogP contribution in [0.4, 0.5) is 10.1 Å². The number of guanidine groups is 1. The summed E-state index contributed by atoms with van der Waals surface area (Å²) in [7, 11) is 3.57. The van der Waals surface area contributed by atoms with Gasteiger partial charge in [0.2, 0.25) is 5.91 Å². The Bertz CT molecular complexity index is 828. The second kappa shape index (κ2) is 11.4. The molecule has 0 aliphatic carbocycles. The van der Waals surface area contributed by atoms with Crippen LogP contribution in [-0.2, 0) is 11.8 Å². The second-order valence-electron chi connectivity index (χ2n) is 6.47. The summed E-state index contributed by atoms with van der Waals surface area (Å²) in [6, 6.07) is 6.54. The minimum absolute atomic E-state index is 0. The Labute approximate surface area is 191 Å². The Kier molecular flexibility index (Phi) is 9.21. The van der Waals surface area contributed by atoms with Crippen LogP contribution in [0.2, 0.25) is 0 Å². The van der Waals surface area contributed by atoms with E-state index in [2.05, 4.69) is 15.4 Å². The summed E-state index contributed by atoms with van der Waals surface area (Å²) in [5.41, 5.74) is 0.827. The van der Waals surface area contributed by atoms with Gasteiger partial charge < -0.3 is 15.1 Å². The molecule has 1 aromatic heterocycles. The summed E-state index contributed by atoms with van der Waals surface area (Å²) in [6.45, 7) is 2.37. The van der Waals surface area contributed by atoms with Crippen LogP contribution in [0.3, 0.4) is 0 Å². The number of amides is 1. The normalized spacial score (nSPS) is 14.7. The standard InChI is InChI=1S/C19H25FN6OS.HI/c1-21-19(22-8-3-11-28-17-6-4-15(20)5-7-17)25-9-10-26(18(27)14-25)16-12-23-24(2)13-16;/h4-7,12-13H,3,8-11,14H2,1-2H3,(H,21,22);1H. The minimum Gasteiger partial charge on any atom is -0.356 e. The molecule has 1 aromatic carbocycles. The number of halogens is 2. The molecule has 1 aliphatic rings. The average molecular weight is 532 g/mol. The zero-order valence-corrected chi connectivity index (χ0v) is 19.7. The third-order valence-electron chi connectivity index (χ3n) is 4.42. The highest BCUT2D eigenvalue weighted by Gasteiger charge is 2.27. The van der Waals surface area contributed by atoms with Crippen molar-refractivity contribution in [2.75, 3.05) is 43.9 Å². The van der Waals surface area contributed by atoms with Gasteiger partial charge in [-0.25, -0.2) is 4.39 Å². The van der Waals surface area contributed by atoms with E-state index in [1.165, 1.54) is 12.1 Å². The van der Waals surface area contributed by atoms with Crippen LogP contribution in [0, 0.1) is 5.82 Å². The van der Waals surface area contributed by atoms with Crippen LogP contribution >= 0.6 is 35.7 Å². The number of aromatic nitrogens is 2. The maximum absolute atomic E-state index is 12.9. The van der Waals surface area contributed by atoms with Crippen molar-refractivity contribution in [1.29, 1.82) is 0 Å². The number of thioether (sulfide) groups is 1. The quantitative estimate of drug-likeness (QED) is 0.204. The van der Waals surface area contributed by atoms with Gasteiger partial charge in [0.1, 0.15) is 12.4 Å². The van der Waals surface area contributed by atoms with E-state index in [0.717, 1.165) is 35.3 Å². The summed E-state index contributed by atoms with van der Waals surface area (Å²) >= 11 is 1.70. The van der Waals surface area contributed by atoms with Crippen LogP contribution in [0.5, 0.6) is 0 Å². The van der Waals surface area contributed by atoms with Crippen molar-refractivity contribution in [2.45, 2.75) is 11.3 Å². The van der Waals surface area contributed by atoms with Gasteiger partial charge in [-0.1, -0.05) is 0 Å². The predicted molar refractivity (Wildman–Crippen MR) is 126 cm³/mol. The lowest BCUT2D eigenvalue weighted by molar-refractivity contribution is -0.120. The summed E-state index contributed by atoms with van der Waals surface area (Å²) in [5.74, 6) is 1.48. The third-order valence-corrected chi connectivity index (χ3v) is 5.52. The number of anilines is 1. The molecule has 158 valence electrons. The zero-order valence-electron chi connectivity index (χ0n) is 16.5. The first-order valence-electron chi connectivity index (χ1n) is 9.20. The molecule has 2 aromatic rings. The first-order valence-corrected chi connectivity index (χ1v) is 10.2. The maximum atomic E-state index is 12.9. The van der Waals surface area contributed by atoms with Crippen molar-refractivity contribution in [3.8, 4) is 0 Å². The number of nitrogens with zero attached hydrogens (tertiary/aromatic N) is 5. The highest BCUT2D eigenvalue weighted by Crippen LogP contribution is 2.19. The minimum atomic E-state index is -0.215. The van der Waals surface area contributed by atoms with Crippen LogP contribution in [-0.4, -0.2) is 65.5 Å². The monoisotopic (exact) mass is 532 g/mol. The molecule has 0 unspecified atom stereocenters. The average Bonchev–Trinajstić information content (AvgIpc) is 3.12. The molecule has 1 amide bonds. The molecule has 1 fully saturated rings. The Morgan fingerprint density at radius 2 is 2.07 bits per heavy atom. The molecule has 0 bridgehead atoms. The van der Waals surface area contributed by atoms with Crippen LogP contribution in [0.1, 0.15) is 6.42 Å². The SMILES string of the molecule is CN=C(NCCCSc1ccc(F)cc1)N1CCN(c2cnn(C)c2)C(=O)C1.I. The Hall–Kier alpha value is -1.82. The number of hydrogen-bond acceptors (Lipinski definition) is 4. The summed E-state index contributed by atoms with van der Waals surface area (Å²) < 4.78 is 14.6. The van der Waals surface area contributed by atoms with Gasteiger partial charge in [-0.15, -0.1) is 35.7 Å². The van der Waals surface area contributed by atoms with E-state index in [0.29, 0.717) is 19.6 Å². The number of carbonyl (C=O) groups excluding carboxylic acids is 1. The summed E-state index contributed by atoms with van der Waals surface area (Å²) in [5, 5.41) is 7.46. The number of aryl methyl sites for hydroxylation is 1. The van der Waals surface area contributed by atoms with Gasteiger partial charge >= 0.3 is 0 Å². The summed E-state index contributed by atoms with van der Waals surface area (Å²) in [4.78, 5) is 21.6. The molecule has 1 N–H and O–H groups in total. The van der Waals surface area contributed by atoms with Gasteiger partial charge in [0.15, 0.2) is 5.96 Å². The fraction of sp³-hybridized carbons (Fsp3) is 0.421. The van der Waals surface area contributed by atoms with E-state index in [4.69, 9.17) is 0 Å². The molecule has 2 heterocycles. The van der Waals surface area contributed by atoms with Crippen LogP contribution < -0.4 is 10.2 Å². The molecule has 29 heavy (non-hydrogen) atoms. The number of aliphatic imine (C=N–C) groups is 1. The number of carbonyl (C=O) groups is 1. The molecule has 3 rings (SSSR count). The van der Waals surface area contributed by atoms with Crippen molar-refractivity contribution in [3.63, 3.8) is 0 Å². The van der Waals surface area contributed by atoms with Crippen LogP contribution in [0.25, 0.3) is 0 Å². The fourth-order valence-electron chi connectivity index (χ4n) is 3.00. The van der Waals surface area contributed by atoms with Gasteiger partial charge in [-0.05, 0) is 36.4 Å². The molecule has 10 heteroatoms.